The molecule has 1 aliphatic heterocycles. The molecule has 0 bridgehead atoms. The van der Waals surface area contributed by atoms with Crippen molar-refractivity contribution in [1.82, 2.24) is 4.90 Å². The Balaban J connectivity index is 1.70. The number of carbonyl (C=O) groups is 1. The Morgan fingerprint density at radius 2 is 2.37 bits per heavy atom. The van der Waals surface area contributed by atoms with Gasteiger partial charge in [0.2, 0.25) is 5.91 Å². The first-order chi connectivity index (χ1) is 9.06. The summed E-state index contributed by atoms with van der Waals surface area (Å²) in [6.07, 6.45) is 3.19. The highest BCUT2D eigenvalue weighted by Crippen LogP contribution is 2.21. The Morgan fingerprint density at radius 3 is 2.95 bits per heavy atom. The molecule has 3 nitrogen and oxygen atoms in total. The number of hydrogen-bond acceptors (Lipinski definition) is 3. The fraction of sp³-hybridized carbons (Fsp3) is 0.667. The Morgan fingerprint density at radius 1 is 1.58 bits per heavy atom. The third kappa shape index (κ3) is 4.05. The van der Waals surface area contributed by atoms with Gasteiger partial charge >= 0.3 is 0 Å². The number of nitrogens with zero attached hydrogens (tertiary/aromatic N) is 1. The first kappa shape index (κ1) is 14.5. The van der Waals surface area contributed by atoms with Crippen LogP contribution < -0.4 is 0 Å². The van der Waals surface area contributed by atoms with E-state index in [-0.39, 0.29) is 17.9 Å². The van der Waals surface area contributed by atoms with E-state index in [1.807, 2.05) is 23.2 Å². The lowest BCUT2D eigenvalue weighted by Gasteiger charge is -2.17. The van der Waals surface area contributed by atoms with E-state index in [1.165, 1.54) is 9.75 Å². The van der Waals surface area contributed by atoms with E-state index in [2.05, 4.69) is 19.1 Å². The van der Waals surface area contributed by atoms with Crippen LogP contribution in [0.5, 0.6) is 0 Å². The van der Waals surface area contributed by atoms with E-state index in [4.69, 9.17) is 0 Å². The van der Waals surface area contributed by atoms with Crippen LogP contribution in [0, 0.1) is 12.8 Å². The average Bonchev–Trinajstić information content (AvgIpc) is 2.98. The van der Waals surface area contributed by atoms with Crippen molar-refractivity contribution < 1.29 is 9.90 Å². The smallest absolute Gasteiger partial charge is 0.222 e. The molecule has 0 aromatic carbocycles. The summed E-state index contributed by atoms with van der Waals surface area (Å²) in [6, 6.07) is 4.29. The SMILES string of the molecule is Cc1ccc(CCCC(=O)N2CCC(C(C)O)C2)s1. The molecule has 2 heterocycles. The molecule has 0 spiro atoms. The van der Waals surface area contributed by atoms with Crippen molar-refractivity contribution in [2.45, 2.75) is 45.6 Å². The van der Waals surface area contributed by atoms with Gasteiger partial charge in [-0.1, -0.05) is 0 Å². The molecule has 1 aliphatic rings. The van der Waals surface area contributed by atoms with Crippen LogP contribution in [0.15, 0.2) is 12.1 Å². The molecule has 1 amide bonds. The summed E-state index contributed by atoms with van der Waals surface area (Å²) in [7, 11) is 0. The molecule has 0 saturated carbocycles. The molecule has 2 unspecified atom stereocenters. The highest BCUT2D eigenvalue weighted by atomic mass is 32.1. The van der Waals surface area contributed by atoms with Crippen LogP contribution in [0.1, 0.15) is 35.9 Å². The number of rotatable bonds is 5. The van der Waals surface area contributed by atoms with Crippen molar-refractivity contribution in [3.8, 4) is 0 Å². The number of aryl methyl sites for hydroxylation is 2. The molecular weight excluding hydrogens is 258 g/mol. The van der Waals surface area contributed by atoms with E-state index in [9.17, 15) is 9.90 Å². The van der Waals surface area contributed by atoms with Crippen molar-refractivity contribution in [2.75, 3.05) is 13.1 Å². The van der Waals surface area contributed by atoms with Crippen molar-refractivity contribution in [3.63, 3.8) is 0 Å². The highest BCUT2D eigenvalue weighted by molar-refractivity contribution is 7.11. The summed E-state index contributed by atoms with van der Waals surface area (Å²) in [5.74, 6) is 0.514. The zero-order chi connectivity index (χ0) is 13.8. The van der Waals surface area contributed by atoms with Crippen LogP contribution >= 0.6 is 11.3 Å². The molecular formula is C15H23NO2S. The van der Waals surface area contributed by atoms with Crippen molar-refractivity contribution in [2.24, 2.45) is 5.92 Å². The molecule has 0 aliphatic carbocycles. The maximum atomic E-state index is 12.1. The molecule has 106 valence electrons. The van der Waals surface area contributed by atoms with Crippen LogP contribution in [-0.4, -0.2) is 35.1 Å². The van der Waals surface area contributed by atoms with E-state index in [1.54, 1.807) is 0 Å². The molecule has 2 rings (SSSR count). The second-order valence-electron chi connectivity index (χ2n) is 5.50. The molecule has 0 radical (unpaired) electrons. The second-order valence-corrected chi connectivity index (χ2v) is 6.87. The summed E-state index contributed by atoms with van der Waals surface area (Å²) in [5, 5.41) is 9.54. The predicted octanol–water partition coefficient (Wildman–Crippen LogP) is 2.61. The molecule has 1 fully saturated rings. The minimum absolute atomic E-state index is 0.247. The number of aliphatic hydroxyl groups is 1. The number of thiophene rings is 1. The fourth-order valence-corrected chi connectivity index (χ4v) is 3.53. The second kappa shape index (κ2) is 6.53. The quantitative estimate of drug-likeness (QED) is 0.901. The maximum Gasteiger partial charge on any atom is 0.222 e. The van der Waals surface area contributed by atoms with Gasteiger partial charge in [-0.3, -0.25) is 4.79 Å². The fourth-order valence-electron chi connectivity index (χ4n) is 2.60. The Hall–Kier alpha value is -0.870. The molecule has 1 aromatic heterocycles. The van der Waals surface area contributed by atoms with Gasteiger partial charge in [-0.25, -0.2) is 0 Å². The Bertz CT molecular complexity index is 428. The van der Waals surface area contributed by atoms with Crippen molar-refractivity contribution >= 4 is 17.2 Å². The number of hydrogen-bond donors (Lipinski definition) is 1. The number of aliphatic hydroxyl groups excluding tert-OH is 1. The summed E-state index contributed by atoms with van der Waals surface area (Å²) in [4.78, 5) is 16.7. The molecule has 4 heteroatoms. The van der Waals surface area contributed by atoms with E-state index >= 15 is 0 Å². The van der Waals surface area contributed by atoms with Gasteiger partial charge < -0.3 is 10.0 Å². The van der Waals surface area contributed by atoms with Gasteiger partial charge in [-0.15, -0.1) is 11.3 Å². The van der Waals surface area contributed by atoms with Crippen molar-refractivity contribution in [1.29, 1.82) is 0 Å². The maximum absolute atomic E-state index is 12.1. The van der Waals surface area contributed by atoms with Crippen LogP contribution in [0.25, 0.3) is 0 Å². The van der Waals surface area contributed by atoms with E-state index in [0.717, 1.165) is 32.4 Å². The average molecular weight is 281 g/mol. The third-order valence-corrected chi connectivity index (χ3v) is 4.93. The van der Waals surface area contributed by atoms with Gasteiger partial charge in [0.15, 0.2) is 0 Å². The van der Waals surface area contributed by atoms with Crippen molar-refractivity contribution in [3.05, 3.63) is 21.9 Å². The van der Waals surface area contributed by atoms with Gasteiger partial charge in [-0.2, -0.15) is 0 Å². The van der Waals surface area contributed by atoms with Crippen LogP contribution in [-0.2, 0) is 11.2 Å². The normalized spacial score (nSPS) is 20.8. The predicted molar refractivity (Wildman–Crippen MR) is 78.4 cm³/mol. The van der Waals surface area contributed by atoms with Gasteiger partial charge in [0, 0.05) is 35.2 Å². The van der Waals surface area contributed by atoms with Crippen LogP contribution in [0.3, 0.4) is 0 Å². The summed E-state index contributed by atoms with van der Waals surface area (Å²) < 4.78 is 0. The first-order valence-electron chi connectivity index (χ1n) is 7.07. The summed E-state index contributed by atoms with van der Waals surface area (Å²) >= 11 is 1.82. The molecule has 1 aromatic rings. The van der Waals surface area contributed by atoms with E-state index < -0.39 is 0 Å². The lowest BCUT2D eigenvalue weighted by atomic mass is 10.0. The first-order valence-corrected chi connectivity index (χ1v) is 7.89. The Labute approximate surface area is 119 Å². The van der Waals surface area contributed by atoms with Gasteiger partial charge in [0.1, 0.15) is 0 Å². The minimum atomic E-state index is -0.299. The van der Waals surface area contributed by atoms with Crippen LogP contribution in [0.2, 0.25) is 0 Å². The largest absolute Gasteiger partial charge is 0.393 e. The van der Waals surface area contributed by atoms with Gasteiger partial charge in [0.05, 0.1) is 6.10 Å². The summed E-state index contributed by atoms with van der Waals surface area (Å²) in [6.45, 7) is 5.47. The minimum Gasteiger partial charge on any atom is -0.393 e. The lowest BCUT2D eigenvalue weighted by Crippen LogP contribution is -2.30. The van der Waals surface area contributed by atoms with Crippen LogP contribution in [0.4, 0.5) is 0 Å². The monoisotopic (exact) mass is 281 g/mol. The van der Waals surface area contributed by atoms with Gasteiger partial charge in [0.25, 0.3) is 0 Å². The molecule has 19 heavy (non-hydrogen) atoms. The number of likely N-dealkylation sites (tertiary alicyclic amines) is 1. The Kier molecular flexibility index (Phi) is 4.99. The van der Waals surface area contributed by atoms with E-state index in [0.29, 0.717) is 6.42 Å². The third-order valence-electron chi connectivity index (χ3n) is 3.87. The molecule has 1 saturated heterocycles. The number of carbonyl (C=O) groups excluding carboxylic acids is 1. The standard InChI is InChI=1S/C15H23NO2S/c1-11-6-7-14(19-11)4-3-5-15(18)16-9-8-13(10-16)12(2)17/h6-7,12-13,17H,3-5,8-10H2,1-2H3. The lowest BCUT2D eigenvalue weighted by molar-refractivity contribution is -0.130. The zero-order valence-electron chi connectivity index (χ0n) is 11.8. The summed E-state index contributed by atoms with van der Waals surface area (Å²) in [5.41, 5.74) is 0. The molecule has 1 N–H and O–H groups in total. The topological polar surface area (TPSA) is 40.5 Å². The van der Waals surface area contributed by atoms with Gasteiger partial charge in [-0.05, 0) is 45.2 Å². The number of amides is 1. The zero-order valence-corrected chi connectivity index (χ0v) is 12.6. The molecule has 2 atom stereocenters. The highest BCUT2D eigenvalue weighted by Gasteiger charge is 2.28.